The fourth-order valence-electron chi connectivity index (χ4n) is 6.67. The van der Waals surface area contributed by atoms with Crippen LogP contribution in [0, 0.1) is 10.4 Å². The Hall–Kier alpha value is -4.56. The number of rotatable bonds is 14. The van der Waals surface area contributed by atoms with Gasteiger partial charge in [-0.05, 0) is 55.4 Å². The molecule has 2 aromatic rings. The van der Waals surface area contributed by atoms with Crippen LogP contribution >= 0.6 is 0 Å². The third-order valence-corrected chi connectivity index (χ3v) is 15.0. The van der Waals surface area contributed by atoms with Crippen LogP contribution in [0.5, 0.6) is 0 Å². The van der Waals surface area contributed by atoms with E-state index in [0.29, 0.717) is 11.1 Å². The van der Waals surface area contributed by atoms with E-state index in [2.05, 4.69) is 10.2 Å². The molecular weight excluding hydrogens is 1870 g/mol. The van der Waals surface area contributed by atoms with E-state index in [4.69, 9.17) is 61.3 Å². The van der Waals surface area contributed by atoms with E-state index in [1.165, 1.54) is 0 Å². The summed E-state index contributed by atoms with van der Waals surface area (Å²) < 4.78 is 418. The van der Waals surface area contributed by atoms with Gasteiger partial charge in [0.2, 0.25) is 0 Å². The van der Waals surface area contributed by atoms with E-state index in [9.17, 15) is 179 Å². The summed E-state index contributed by atoms with van der Waals surface area (Å²) in [6, 6.07) is 0. The number of alkyl halides is 36. The summed E-state index contributed by atoms with van der Waals surface area (Å²) >= 11 is 0. The molecule has 0 saturated heterocycles. The van der Waals surface area contributed by atoms with Crippen molar-refractivity contribution < 1.29 is 290 Å². The van der Waals surface area contributed by atoms with Crippen molar-refractivity contribution in [2.45, 2.75) is 263 Å². The number of halogens is 36. The quantitative estimate of drug-likeness (QED) is 0.0362. The SMILES string of the molecule is Cn1cc(C2=[N+]([O-])C(C)(C)C(C)(C)N2O)cn1.Cn1cc(C2=[N+]([O-])C(C)(C)C(C)(C)N2O)cn1.OC(CC(O)C(F)(F)F)C(F)(F)F.OC(CC(O)C(F)(F)F)C(F)(F)F.OC(CC(O)C(F)(F)F)C(F)(F)F.OC(CC(O)C(F)(F)F)C(F)(F)F.OC(CC(O)C(F)(F)F)C(F)(F)F.OC(CC(O)C(F)(F)F)C(F)(F)F.[Cu].[Cu].[Cu]. The van der Waals surface area contributed by atoms with E-state index in [0.717, 1.165) is 19.6 Å². The van der Waals surface area contributed by atoms with Crippen LogP contribution in [0.2, 0.25) is 0 Å². The molecule has 0 amide bonds. The van der Waals surface area contributed by atoms with Crippen LogP contribution in [0.4, 0.5) is 158 Å². The second-order valence-corrected chi connectivity index (χ2v) is 25.0. The molecule has 0 aliphatic carbocycles. The van der Waals surface area contributed by atoms with Gasteiger partial charge in [0.1, 0.15) is 22.2 Å². The largest absolute Gasteiger partial charge is 0.714 e. The third kappa shape index (κ3) is 41.0. The first kappa shape index (κ1) is 124. The minimum Gasteiger partial charge on any atom is -0.714 e. The molecule has 0 fully saturated rings. The monoisotopic (exact) mass is 1940 g/mol. The minimum absolute atomic E-state index is 0. The van der Waals surface area contributed by atoms with Crippen molar-refractivity contribution in [1.29, 1.82) is 0 Å². The molecule has 4 rings (SSSR count). The Labute approximate surface area is 654 Å². The molecule has 701 valence electrons. The molecule has 2 aliphatic heterocycles. The number of aryl methyl sites for hydroxylation is 2. The van der Waals surface area contributed by atoms with Gasteiger partial charge in [0.25, 0.3) is 0 Å². The van der Waals surface area contributed by atoms with E-state index >= 15 is 0 Å². The molecule has 0 spiro atoms. The van der Waals surface area contributed by atoms with Crippen LogP contribution in [-0.4, -0.2) is 292 Å². The molecule has 4 heterocycles. The molecule has 12 unspecified atom stereocenters. The van der Waals surface area contributed by atoms with Gasteiger partial charge in [-0.25, -0.2) is 10.4 Å². The second-order valence-electron chi connectivity index (χ2n) is 25.0. The average molecular weight is 1940 g/mol. The van der Waals surface area contributed by atoms with Crippen molar-refractivity contribution in [1.82, 2.24) is 29.7 Å². The molecule has 3 radical (unpaired) electrons. The number of hydrogen-bond acceptors (Lipinski definition) is 20. The Kier molecular flexibility index (Phi) is 48.2. The van der Waals surface area contributed by atoms with Crippen LogP contribution in [-0.2, 0) is 65.3 Å². The molecule has 63 heteroatoms. The van der Waals surface area contributed by atoms with Crippen molar-refractivity contribution in [3.63, 3.8) is 0 Å². The van der Waals surface area contributed by atoms with Gasteiger partial charge in [-0.1, -0.05) is 0 Å². The van der Waals surface area contributed by atoms with Crippen molar-refractivity contribution in [3.8, 4) is 0 Å². The van der Waals surface area contributed by atoms with Crippen molar-refractivity contribution in [2.24, 2.45) is 14.1 Å². The Balaban J connectivity index is -0.000000232. The molecular formula is C52H72Cu3F36N8O16. The maximum Gasteiger partial charge on any atom is 0.414 e. The van der Waals surface area contributed by atoms with Gasteiger partial charge in [-0.2, -0.15) is 168 Å². The first-order chi connectivity index (χ1) is 48.7. The zero-order valence-electron chi connectivity index (χ0n) is 58.6. The molecule has 24 nitrogen and oxygen atoms in total. The van der Waals surface area contributed by atoms with Crippen LogP contribution in [0.1, 0.15) is 105 Å². The molecule has 0 aromatic carbocycles. The van der Waals surface area contributed by atoms with Crippen LogP contribution in [0.25, 0.3) is 0 Å². The standard InChI is InChI=1S/2C11H18N4O2.6C5H6F6O2.3Cu/c2*1-10(2)11(3,4)15(17)9(14(10)16)8-6-12-13(5)7-8;6*6-4(7,8)2(12)1-3(13)5(9,10)11;;;/h2*6-7,16H,1-5H3;6*2-3,12-13H,1H2;;;. The van der Waals surface area contributed by atoms with E-state index in [1.54, 1.807) is 48.2 Å². The number of aliphatic hydroxyl groups excluding tert-OH is 12. The number of nitrogens with zero attached hydrogens (tertiary/aromatic N) is 8. The van der Waals surface area contributed by atoms with Crippen LogP contribution in [0.15, 0.2) is 24.8 Å². The maximum atomic E-state index is 12.3. The van der Waals surface area contributed by atoms with E-state index in [1.807, 2.05) is 55.4 Å². The van der Waals surface area contributed by atoms with Crippen molar-refractivity contribution in [2.75, 3.05) is 0 Å². The van der Waals surface area contributed by atoms with Gasteiger partial charge in [0.05, 0.1) is 12.4 Å². The smallest absolute Gasteiger partial charge is 0.414 e. The minimum atomic E-state index is -5.15. The summed E-state index contributed by atoms with van der Waals surface area (Å²) in [7, 11) is 3.54. The Morgan fingerprint density at radius 3 is 0.470 bits per heavy atom. The Bertz CT molecular complexity index is 2680. The van der Waals surface area contributed by atoms with Gasteiger partial charge >= 0.3 is 85.8 Å². The number of hydroxylamine groups is 6. The van der Waals surface area contributed by atoms with E-state index in [-0.39, 0.29) is 62.9 Å². The van der Waals surface area contributed by atoms with Gasteiger partial charge in [0.15, 0.2) is 84.3 Å². The zero-order valence-corrected chi connectivity index (χ0v) is 61.5. The summed E-state index contributed by atoms with van der Waals surface area (Å²) in [6.45, 7) is 14.6. The van der Waals surface area contributed by atoms with Crippen molar-refractivity contribution in [3.05, 3.63) is 46.3 Å². The summed E-state index contributed by atoms with van der Waals surface area (Å²) in [4.78, 5) is 0. The second kappa shape index (κ2) is 44.8. The van der Waals surface area contributed by atoms with Crippen LogP contribution < -0.4 is 0 Å². The molecule has 14 N–H and O–H groups in total. The normalized spacial score (nSPS) is 19.1. The first-order valence-electron chi connectivity index (χ1n) is 29.3. The maximum absolute atomic E-state index is 12.3. The third-order valence-electron chi connectivity index (χ3n) is 15.0. The topological polar surface area (TPSA) is 377 Å². The number of hydrogen-bond donors (Lipinski definition) is 14. The van der Waals surface area contributed by atoms with Gasteiger partial charge in [-0.3, -0.25) is 18.8 Å². The predicted molar refractivity (Wildman–Crippen MR) is 298 cm³/mol. The van der Waals surface area contributed by atoms with Crippen molar-refractivity contribution >= 4 is 11.7 Å². The predicted octanol–water partition coefficient (Wildman–Crippen LogP) is 9.21. The van der Waals surface area contributed by atoms with Crippen LogP contribution in [0.3, 0.4) is 0 Å². The fraction of sp³-hybridized carbons (Fsp3) is 0.846. The van der Waals surface area contributed by atoms with Gasteiger partial charge in [0, 0.05) is 116 Å². The molecule has 12 atom stereocenters. The number of aliphatic hydroxyl groups is 12. The number of aromatic nitrogens is 4. The molecule has 0 bridgehead atoms. The van der Waals surface area contributed by atoms with E-state index < -0.39 is 208 Å². The molecule has 0 saturated carbocycles. The summed E-state index contributed by atoms with van der Waals surface area (Å²) in [5.74, 6) is 0.487. The summed E-state index contributed by atoms with van der Waals surface area (Å²) in [5.41, 5.74) is -1.54. The molecule has 2 aromatic heterocycles. The zero-order chi connectivity index (χ0) is 91.2. The first-order valence-corrected chi connectivity index (χ1v) is 29.3. The molecule has 115 heavy (non-hydrogen) atoms. The number of amidine groups is 2. The Morgan fingerprint density at radius 1 is 0.287 bits per heavy atom. The Morgan fingerprint density at radius 2 is 0.400 bits per heavy atom. The summed E-state index contributed by atoms with van der Waals surface area (Å²) in [5, 5.41) is 153. The summed E-state index contributed by atoms with van der Waals surface area (Å²) in [6.07, 6.45) is -104. The fourth-order valence-corrected chi connectivity index (χ4v) is 6.67. The average Bonchev–Trinajstić information content (AvgIpc) is 1.58. The van der Waals surface area contributed by atoms with Gasteiger partial charge in [-0.15, -0.1) is 10.1 Å². The van der Waals surface area contributed by atoms with Gasteiger partial charge < -0.3 is 71.7 Å². The molecule has 2 aliphatic rings.